The van der Waals surface area contributed by atoms with Crippen molar-refractivity contribution in [3.8, 4) is 0 Å². The van der Waals surface area contributed by atoms with Gasteiger partial charge in [-0.1, -0.05) is 32.0 Å². The lowest BCUT2D eigenvalue weighted by Crippen LogP contribution is -2.35. The zero-order chi connectivity index (χ0) is 13.8. The molecule has 3 heteroatoms. The summed E-state index contributed by atoms with van der Waals surface area (Å²) < 4.78 is 5.84. The molecule has 0 bridgehead atoms. The van der Waals surface area contributed by atoms with Crippen molar-refractivity contribution in [3.63, 3.8) is 0 Å². The van der Waals surface area contributed by atoms with Crippen LogP contribution in [0.25, 0.3) is 11.0 Å². The van der Waals surface area contributed by atoms with E-state index in [1.807, 2.05) is 24.3 Å². The van der Waals surface area contributed by atoms with Crippen molar-refractivity contribution in [1.82, 2.24) is 5.32 Å². The average Bonchev–Trinajstić information content (AvgIpc) is 2.81. The van der Waals surface area contributed by atoms with Gasteiger partial charge in [0, 0.05) is 11.4 Å². The van der Waals surface area contributed by atoms with Gasteiger partial charge in [0.15, 0.2) is 0 Å². The number of nitrogens with one attached hydrogen (secondary N) is 1. The third-order valence-corrected chi connectivity index (χ3v) is 3.33. The van der Waals surface area contributed by atoms with Crippen molar-refractivity contribution in [3.05, 3.63) is 36.1 Å². The fourth-order valence-corrected chi connectivity index (χ4v) is 2.42. The first kappa shape index (κ1) is 14.1. The van der Waals surface area contributed by atoms with E-state index in [2.05, 4.69) is 32.2 Å². The van der Waals surface area contributed by atoms with Crippen LogP contribution in [0.1, 0.15) is 39.0 Å². The Kier molecular flexibility index (Phi) is 4.61. The van der Waals surface area contributed by atoms with Gasteiger partial charge >= 0.3 is 0 Å². The molecule has 2 aromatic rings. The van der Waals surface area contributed by atoms with E-state index >= 15 is 0 Å². The highest BCUT2D eigenvalue weighted by molar-refractivity contribution is 5.77. The molecular formula is C16H23NO2. The molecule has 2 rings (SSSR count). The molecule has 0 spiro atoms. The first-order valence-electron chi connectivity index (χ1n) is 6.95. The van der Waals surface area contributed by atoms with Crippen LogP contribution in [0.3, 0.4) is 0 Å². The Morgan fingerprint density at radius 1 is 1.21 bits per heavy atom. The molecule has 1 aromatic carbocycles. The van der Waals surface area contributed by atoms with E-state index in [4.69, 9.17) is 4.42 Å². The number of hydrogen-bond acceptors (Lipinski definition) is 3. The molecule has 104 valence electrons. The summed E-state index contributed by atoms with van der Waals surface area (Å²) in [7, 11) is 0. The van der Waals surface area contributed by atoms with Crippen molar-refractivity contribution in [2.45, 2.75) is 39.3 Å². The molecule has 2 atom stereocenters. The summed E-state index contributed by atoms with van der Waals surface area (Å²) in [4.78, 5) is 0. The standard InChI is InChI=1S/C16H23NO2/c1-11(2)8-14(10-18)17-12(3)16-9-13-6-4-5-7-15(13)19-16/h4-7,9,11-12,14,17-18H,8,10H2,1-3H3. The Morgan fingerprint density at radius 3 is 2.58 bits per heavy atom. The minimum absolute atomic E-state index is 0.100. The Labute approximate surface area is 114 Å². The lowest BCUT2D eigenvalue weighted by atomic mass is 10.0. The van der Waals surface area contributed by atoms with Gasteiger partial charge in [-0.2, -0.15) is 0 Å². The van der Waals surface area contributed by atoms with Crippen molar-refractivity contribution < 1.29 is 9.52 Å². The summed E-state index contributed by atoms with van der Waals surface area (Å²) in [6, 6.07) is 10.3. The van der Waals surface area contributed by atoms with E-state index in [1.165, 1.54) is 0 Å². The molecule has 0 radical (unpaired) electrons. The second-order valence-electron chi connectivity index (χ2n) is 5.58. The molecule has 0 saturated carbocycles. The maximum absolute atomic E-state index is 9.42. The summed E-state index contributed by atoms with van der Waals surface area (Å²) in [5.74, 6) is 1.48. The summed E-state index contributed by atoms with van der Waals surface area (Å²) in [5.41, 5.74) is 0.913. The average molecular weight is 261 g/mol. The van der Waals surface area contributed by atoms with Crippen molar-refractivity contribution in [2.75, 3.05) is 6.61 Å². The van der Waals surface area contributed by atoms with Crippen LogP contribution in [0.5, 0.6) is 0 Å². The van der Waals surface area contributed by atoms with Gasteiger partial charge in [-0.25, -0.2) is 0 Å². The molecule has 1 aromatic heterocycles. The zero-order valence-corrected chi connectivity index (χ0v) is 11.9. The molecule has 0 amide bonds. The summed E-state index contributed by atoms with van der Waals surface area (Å²) in [5, 5.41) is 14.0. The van der Waals surface area contributed by atoms with Gasteiger partial charge in [0.25, 0.3) is 0 Å². The Bertz CT molecular complexity index is 485. The molecule has 0 fully saturated rings. The van der Waals surface area contributed by atoms with Crippen LogP contribution in [0.15, 0.2) is 34.7 Å². The van der Waals surface area contributed by atoms with E-state index in [0.717, 1.165) is 23.2 Å². The normalized spacial score (nSPS) is 15.0. The highest BCUT2D eigenvalue weighted by Gasteiger charge is 2.16. The quantitative estimate of drug-likeness (QED) is 0.836. The number of benzene rings is 1. The molecule has 2 unspecified atom stereocenters. The minimum Gasteiger partial charge on any atom is -0.459 e. The Balaban J connectivity index is 2.08. The van der Waals surface area contributed by atoms with Crippen LogP contribution in [-0.2, 0) is 0 Å². The van der Waals surface area contributed by atoms with E-state index in [-0.39, 0.29) is 18.7 Å². The van der Waals surface area contributed by atoms with Crippen molar-refractivity contribution in [1.29, 1.82) is 0 Å². The van der Waals surface area contributed by atoms with Gasteiger partial charge in [0.05, 0.1) is 12.6 Å². The van der Waals surface area contributed by atoms with Crippen LogP contribution < -0.4 is 5.32 Å². The third kappa shape index (κ3) is 3.58. The summed E-state index contributed by atoms with van der Waals surface area (Å²) in [6.07, 6.45) is 0.959. The van der Waals surface area contributed by atoms with Crippen LogP contribution >= 0.6 is 0 Å². The van der Waals surface area contributed by atoms with Crippen LogP contribution in [0.4, 0.5) is 0 Å². The lowest BCUT2D eigenvalue weighted by Gasteiger charge is -2.21. The predicted molar refractivity (Wildman–Crippen MR) is 78.1 cm³/mol. The van der Waals surface area contributed by atoms with Crippen molar-refractivity contribution in [2.24, 2.45) is 5.92 Å². The monoisotopic (exact) mass is 261 g/mol. The van der Waals surface area contributed by atoms with E-state index in [1.54, 1.807) is 0 Å². The second kappa shape index (κ2) is 6.22. The summed E-state index contributed by atoms with van der Waals surface area (Å²) >= 11 is 0. The molecule has 0 aliphatic rings. The molecule has 0 saturated heterocycles. The van der Waals surface area contributed by atoms with Crippen molar-refractivity contribution >= 4 is 11.0 Å². The number of aliphatic hydroxyl groups excluding tert-OH is 1. The number of hydrogen-bond donors (Lipinski definition) is 2. The fraction of sp³-hybridized carbons (Fsp3) is 0.500. The van der Waals surface area contributed by atoms with E-state index in [0.29, 0.717) is 5.92 Å². The highest BCUT2D eigenvalue weighted by atomic mass is 16.3. The Hall–Kier alpha value is -1.32. The van der Waals surface area contributed by atoms with E-state index in [9.17, 15) is 5.11 Å². The molecule has 2 N–H and O–H groups in total. The maximum Gasteiger partial charge on any atom is 0.134 e. The minimum atomic E-state index is 0.100. The topological polar surface area (TPSA) is 45.4 Å². The molecule has 3 nitrogen and oxygen atoms in total. The molecular weight excluding hydrogens is 238 g/mol. The number of fused-ring (bicyclic) bond motifs is 1. The van der Waals surface area contributed by atoms with Gasteiger partial charge in [0.1, 0.15) is 11.3 Å². The summed E-state index contributed by atoms with van der Waals surface area (Å²) in [6.45, 7) is 6.55. The molecule has 0 aliphatic carbocycles. The number of furan rings is 1. The van der Waals surface area contributed by atoms with Gasteiger partial charge in [-0.3, -0.25) is 0 Å². The molecule has 1 heterocycles. The van der Waals surface area contributed by atoms with Crippen LogP contribution in [-0.4, -0.2) is 17.8 Å². The van der Waals surface area contributed by atoms with Gasteiger partial charge in [0.2, 0.25) is 0 Å². The van der Waals surface area contributed by atoms with Crippen LogP contribution in [0, 0.1) is 5.92 Å². The zero-order valence-electron chi connectivity index (χ0n) is 11.9. The van der Waals surface area contributed by atoms with Gasteiger partial charge in [-0.15, -0.1) is 0 Å². The lowest BCUT2D eigenvalue weighted by molar-refractivity contribution is 0.211. The molecule has 0 aliphatic heterocycles. The van der Waals surface area contributed by atoms with Gasteiger partial charge < -0.3 is 14.8 Å². The second-order valence-corrected chi connectivity index (χ2v) is 5.58. The third-order valence-electron chi connectivity index (χ3n) is 3.33. The first-order valence-corrected chi connectivity index (χ1v) is 6.95. The number of rotatable bonds is 6. The van der Waals surface area contributed by atoms with Crippen LogP contribution in [0.2, 0.25) is 0 Å². The predicted octanol–water partition coefficient (Wildman–Crippen LogP) is 3.49. The SMILES string of the molecule is CC(C)CC(CO)NC(C)c1cc2ccccc2o1. The Morgan fingerprint density at radius 2 is 1.95 bits per heavy atom. The maximum atomic E-state index is 9.42. The van der Waals surface area contributed by atoms with E-state index < -0.39 is 0 Å². The highest BCUT2D eigenvalue weighted by Crippen LogP contribution is 2.24. The largest absolute Gasteiger partial charge is 0.459 e. The number of para-hydroxylation sites is 1. The number of aliphatic hydroxyl groups is 1. The fourth-order valence-electron chi connectivity index (χ4n) is 2.42. The smallest absolute Gasteiger partial charge is 0.134 e. The first-order chi connectivity index (χ1) is 9.10. The van der Waals surface area contributed by atoms with Gasteiger partial charge in [-0.05, 0) is 31.4 Å². The molecule has 19 heavy (non-hydrogen) atoms.